The van der Waals surface area contributed by atoms with Gasteiger partial charge in [-0.15, -0.1) is 0 Å². The number of ether oxygens (including phenoxy) is 2. The van der Waals surface area contributed by atoms with Crippen LogP contribution in [0.5, 0.6) is 11.5 Å². The molecule has 0 radical (unpaired) electrons. The number of piperidine rings is 1. The van der Waals surface area contributed by atoms with Gasteiger partial charge in [0.15, 0.2) is 6.29 Å². The van der Waals surface area contributed by atoms with Gasteiger partial charge in [0, 0.05) is 18.7 Å². The van der Waals surface area contributed by atoms with Crippen molar-refractivity contribution in [3.05, 3.63) is 59.7 Å². The summed E-state index contributed by atoms with van der Waals surface area (Å²) in [6.07, 6.45) is 3.10. The van der Waals surface area contributed by atoms with Crippen molar-refractivity contribution in [1.82, 2.24) is 4.90 Å². The number of benzene rings is 2. The molecule has 0 aromatic heterocycles. The largest absolute Gasteiger partial charge is 0.497 e. The van der Waals surface area contributed by atoms with Gasteiger partial charge in [0.05, 0.1) is 12.7 Å². The molecule has 0 spiro atoms. The molecule has 2 aromatic carbocycles. The molecule has 1 fully saturated rings. The molecule has 1 atom stereocenters. The normalized spacial score (nSPS) is 15.2. The predicted molar refractivity (Wildman–Crippen MR) is 98.6 cm³/mol. The third kappa shape index (κ3) is 4.04. The Kier molecular flexibility index (Phi) is 5.89. The van der Waals surface area contributed by atoms with Crippen LogP contribution in [0.15, 0.2) is 48.5 Å². The maximum atomic E-state index is 13.1. The molecule has 5 nitrogen and oxygen atoms in total. The molecule has 1 heterocycles. The molecule has 1 aliphatic rings. The topological polar surface area (TPSA) is 55.8 Å². The van der Waals surface area contributed by atoms with Crippen molar-refractivity contribution in [3.8, 4) is 11.5 Å². The molecule has 136 valence electrons. The highest BCUT2D eigenvalue weighted by molar-refractivity contribution is 5.84. The summed E-state index contributed by atoms with van der Waals surface area (Å²) in [5.41, 5.74) is 1.13. The van der Waals surface area contributed by atoms with E-state index in [0.29, 0.717) is 23.3 Å². The average Bonchev–Trinajstić information content (AvgIpc) is 2.72. The number of likely N-dealkylation sites (tertiary alicyclic amines) is 1. The van der Waals surface area contributed by atoms with Crippen LogP contribution in [0.25, 0.3) is 0 Å². The third-order valence-electron chi connectivity index (χ3n) is 4.58. The van der Waals surface area contributed by atoms with Crippen molar-refractivity contribution in [2.24, 2.45) is 0 Å². The van der Waals surface area contributed by atoms with Gasteiger partial charge in [-0.3, -0.25) is 9.59 Å². The first-order valence-electron chi connectivity index (χ1n) is 8.86. The van der Waals surface area contributed by atoms with Crippen LogP contribution in [0.2, 0.25) is 0 Å². The van der Waals surface area contributed by atoms with Crippen LogP contribution in [0, 0.1) is 0 Å². The van der Waals surface area contributed by atoms with Gasteiger partial charge in [-0.2, -0.15) is 0 Å². The van der Waals surface area contributed by atoms with Gasteiger partial charge >= 0.3 is 0 Å². The number of amides is 1. The third-order valence-corrected chi connectivity index (χ3v) is 4.58. The van der Waals surface area contributed by atoms with Crippen LogP contribution < -0.4 is 9.47 Å². The van der Waals surface area contributed by atoms with Gasteiger partial charge < -0.3 is 14.4 Å². The zero-order chi connectivity index (χ0) is 18.4. The number of aldehydes is 1. The summed E-state index contributed by atoms with van der Waals surface area (Å²) in [7, 11) is 1.54. The fourth-order valence-corrected chi connectivity index (χ4v) is 3.15. The van der Waals surface area contributed by atoms with E-state index in [-0.39, 0.29) is 5.91 Å². The lowest BCUT2D eigenvalue weighted by Gasteiger charge is -2.31. The average molecular weight is 353 g/mol. The Morgan fingerprint density at radius 1 is 1.08 bits per heavy atom. The molecule has 0 N–H and O–H groups in total. The number of nitrogens with zero attached hydrogens (tertiary/aromatic N) is 1. The SMILES string of the molecule is COc1ccc(O[C@H](C(=O)N2CCCCC2)c2ccccc2)c(C=O)c1. The molecular weight excluding hydrogens is 330 g/mol. The van der Waals surface area contributed by atoms with E-state index >= 15 is 0 Å². The van der Waals surface area contributed by atoms with Gasteiger partial charge in [0.1, 0.15) is 11.5 Å². The molecule has 0 unspecified atom stereocenters. The molecule has 0 aliphatic carbocycles. The summed E-state index contributed by atoms with van der Waals surface area (Å²) in [4.78, 5) is 26.4. The fraction of sp³-hybridized carbons (Fsp3) is 0.333. The first-order chi connectivity index (χ1) is 12.7. The lowest BCUT2D eigenvalue weighted by molar-refractivity contribution is -0.140. The Labute approximate surface area is 153 Å². The van der Waals surface area contributed by atoms with E-state index < -0.39 is 6.10 Å². The maximum Gasteiger partial charge on any atom is 0.268 e. The summed E-state index contributed by atoms with van der Waals surface area (Å²) in [6, 6.07) is 14.4. The van der Waals surface area contributed by atoms with E-state index in [1.54, 1.807) is 18.2 Å². The lowest BCUT2D eigenvalue weighted by Crippen LogP contribution is -2.40. The Balaban J connectivity index is 1.91. The van der Waals surface area contributed by atoms with Gasteiger partial charge in [-0.1, -0.05) is 30.3 Å². The highest BCUT2D eigenvalue weighted by atomic mass is 16.5. The second kappa shape index (κ2) is 8.52. The quantitative estimate of drug-likeness (QED) is 0.744. The zero-order valence-electron chi connectivity index (χ0n) is 14.9. The summed E-state index contributed by atoms with van der Waals surface area (Å²) in [6.45, 7) is 1.49. The van der Waals surface area contributed by atoms with E-state index in [9.17, 15) is 9.59 Å². The number of rotatable bonds is 6. The minimum atomic E-state index is -0.776. The Hall–Kier alpha value is -2.82. The van der Waals surface area contributed by atoms with Crippen molar-refractivity contribution >= 4 is 12.2 Å². The van der Waals surface area contributed by atoms with E-state index in [4.69, 9.17) is 9.47 Å². The maximum absolute atomic E-state index is 13.1. The van der Waals surface area contributed by atoms with Gasteiger partial charge in [0.25, 0.3) is 5.91 Å². The minimum absolute atomic E-state index is 0.0661. The summed E-state index contributed by atoms with van der Waals surface area (Å²) < 4.78 is 11.2. The van der Waals surface area contributed by atoms with Crippen LogP contribution in [0.1, 0.15) is 41.3 Å². The van der Waals surface area contributed by atoms with Gasteiger partial charge in [0.2, 0.25) is 6.10 Å². The molecule has 1 amide bonds. The zero-order valence-corrected chi connectivity index (χ0v) is 14.9. The van der Waals surface area contributed by atoms with Crippen LogP contribution in [0.3, 0.4) is 0 Å². The Bertz CT molecular complexity index is 754. The van der Waals surface area contributed by atoms with Crippen molar-refractivity contribution in [1.29, 1.82) is 0 Å². The lowest BCUT2D eigenvalue weighted by atomic mass is 10.1. The van der Waals surface area contributed by atoms with Crippen molar-refractivity contribution in [2.45, 2.75) is 25.4 Å². The predicted octanol–water partition coefficient (Wildman–Crippen LogP) is 3.64. The molecule has 2 aromatic rings. The number of carbonyl (C=O) groups excluding carboxylic acids is 2. The first kappa shape index (κ1) is 18.0. The number of hydrogen-bond donors (Lipinski definition) is 0. The van der Waals surface area contributed by atoms with E-state index in [1.165, 1.54) is 7.11 Å². The second-order valence-electron chi connectivity index (χ2n) is 6.32. The number of methoxy groups -OCH3 is 1. The van der Waals surface area contributed by atoms with E-state index in [2.05, 4.69) is 0 Å². The van der Waals surface area contributed by atoms with Gasteiger partial charge in [-0.25, -0.2) is 0 Å². The molecule has 1 aliphatic heterocycles. The van der Waals surface area contributed by atoms with Crippen LogP contribution >= 0.6 is 0 Å². The van der Waals surface area contributed by atoms with Crippen molar-refractivity contribution < 1.29 is 19.1 Å². The van der Waals surface area contributed by atoms with Crippen LogP contribution in [-0.2, 0) is 4.79 Å². The minimum Gasteiger partial charge on any atom is -0.497 e. The van der Waals surface area contributed by atoms with Crippen molar-refractivity contribution in [3.63, 3.8) is 0 Å². The summed E-state index contributed by atoms with van der Waals surface area (Å²) in [5.74, 6) is 0.877. The molecule has 3 rings (SSSR count). The fourth-order valence-electron chi connectivity index (χ4n) is 3.15. The molecule has 0 bridgehead atoms. The highest BCUT2D eigenvalue weighted by Gasteiger charge is 2.29. The smallest absolute Gasteiger partial charge is 0.268 e. The van der Waals surface area contributed by atoms with Crippen molar-refractivity contribution in [2.75, 3.05) is 20.2 Å². The number of hydrogen-bond acceptors (Lipinski definition) is 4. The van der Waals surface area contributed by atoms with Crippen LogP contribution in [-0.4, -0.2) is 37.3 Å². The second-order valence-corrected chi connectivity index (χ2v) is 6.32. The Morgan fingerprint density at radius 2 is 1.81 bits per heavy atom. The van der Waals surface area contributed by atoms with Crippen LogP contribution in [0.4, 0.5) is 0 Å². The van der Waals surface area contributed by atoms with E-state index in [0.717, 1.165) is 37.9 Å². The molecular formula is C21H23NO4. The van der Waals surface area contributed by atoms with E-state index in [1.807, 2.05) is 35.2 Å². The first-order valence-corrected chi connectivity index (χ1v) is 8.86. The molecule has 1 saturated heterocycles. The monoisotopic (exact) mass is 353 g/mol. The summed E-state index contributed by atoms with van der Waals surface area (Å²) >= 11 is 0. The Morgan fingerprint density at radius 3 is 2.46 bits per heavy atom. The standard InChI is InChI=1S/C21H23NO4/c1-25-18-10-11-19(17(14-18)15-23)26-20(16-8-4-2-5-9-16)21(24)22-12-6-3-7-13-22/h2,4-5,8-11,14-15,20H,3,6-7,12-13H2,1H3/t20-/m0/s1. The van der Waals surface area contributed by atoms with Gasteiger partial charge in [-0.05, 0) is 37.5 Å². The highest BCUT2D eigenvalue weighted by Crippen LogP contribution is 2.29. The summed E-state index contributed by atoms with van der Waals surface area (Å²) in [5, 5.41) is 0. The molecule has 0 saturated carbocycles. The number of carbonyl (C=O) groups is 2. The molecule has 5 heteroatoms. The molecule has 26 heavy (non-hydrogen) atoms.